The fraction of sp³-hybridized carbons (Fsp3) is 0.542. The van der Waals surface area contributed by atoms with Gasteiger partial charge in [0.05, 0.1) is 17.6 Å². The van der Waals surface area contributed by atoms with Crippen LogP contribution in [0, 0.1) is 0 Å². The molecule has 1 N–H and O–H groups in total. The Bertz CT molecular complexity index is 1260. The first-order chi connectivity index (χ1) is 16.7. The van der Waals surface area contributed by atoms with Gasteiger partial charge in [0.15, 0.2) is 5.65 Å². The minimum atomic E-state index is -3.20. The minimum Gasteiger partial charge on any atom is -0.365 e. The van der Waals surface area contributed by atoms with E-state index >= 15 is 0 Å². The Kier molecular flexibility index (Phi) is 7.89. The van der Waals surface area contributed by atoms with Crippen LogP contribution in [-0.4, -0.2) is 71.8 Å². The van der Waals surface area contributed by atoms with E-state index in [9.17, 15) is 8.42 Å². The molecule has 9 nitrogen and oxygen atoms in total. The van der Waals surface area contributed by atoms with Gasteiger partial charge in [-0.15, -0.1) is 0 Å². The summed E-state index contributed by atoms with van der Waals surface area (Å²) in [6, 6.07) is 6.91. The van der Waals surface area contributed by atoms with Gasteiger partial charge in [-0.2, -0.15) is 4.31 Å². The molecule has 3 aromatic rings. The summed E-state index contributed by atoms with van der Waals surface area (Å²) in [5, 5.41) is 3.44. The van der Waals surface area contributed by atoms with Gasteiger partial charge in [-0.25, -0.2) is 23.4 Å². The topological polar surface area (TPSA) is 102 Å². The number of hydrogen-bond donors (Lipinski definition) is 1. The van der Waals surface area contributed by atoms with Crippen LogP contribution < -0.4 is 5.32 Å². The number of pyridine rings is 1. The van der Waals surface area contributed by atoms with E-state index in [4.69, 9.17) is 9.72 Å². The van der Waals surface area contributed by atoms with E-state index in [1.807, 2.05) is 35.9 Å². The molecule has 0 aliphatic carbocycles. The van der Waals surface area contributed by atoms with Gasteiger partial charge in [0.25, 0.3) is 0 Å². The smallest absolute Gasteiger partial charge is 0.214 e. The third-order valence-electron chi connectivity index (χ3n) is 6.12. The van der Waals surface area contributed by atoms with Crippen LogP contribution in [0.15, 0.2) is 36.8 Å². The van der Waals surface area contributed by atoms with Crippen molar-refractivity contribution in [2.45, 2.75) is 58.2 Å². The maximum absolute atomic E-state index is 12.4. The minimum absolute atomic E-state index is 0.00126. The standard InChI is InChI=1S/C24H36N6O3SSi/c1-5-14-34(31,32)30-12-8-19(17-30)27-23-20(7-6-10-25-23)22-16-26-24-21(28-22)9-11-29(24)18-33-13-15-35(2,3)4/h6-7,9-11,16,19H,5,8,12-15,17-18H2,1-4H3,(H,25,27). The number of fused-ring (bicyclic) bond motifs is 1. The molecule has 0 spiro atoms. The van der Waals surface area contributed by atoms with E-state index in [-0.39, 0.29) is 11.8 Å². The highest BCUT2D eigenvalue weighted by Gasteiger charge is 2.31. The second-order valence-corrected chi connectivity index (χ2v) is 18.0. The predicted molar refractivity (Wildman–Crippen MR) is 143 cm³/mol. The van der Waals surface area contributed by atoms with Gasteiger partial charge in [0, 0.05) is 51.8 Å². The summed E-state index contributed by atoms with van der Waals surface area (Å²) in [6.07, 6.45) is 6.80. The van der Waals surface area contributed by atoms with Crippen LogP contribution in [0.25, 0.3) is 22.4 Å². The average molecular weight is 517 g/mol. The zero-order chi connectivity index (χ0) is 25.1. The molecule has 1 unspecified atom stereocenters. The first-order valence-corrected chi connectivity index (χ1v) is 17.6. The van der Waals surface area contributed by atoms with Crippen molar-refractivity contribution in [2.75, 3.05) is 30.8 Å². The number of sulfonamides is 1. The van der Waals surface area contributed by atoms with Gasteiger partial charge >= 0.3 is 0 Å². The quantitative estimate of drug-likeness (QED) is 0.303. The summed E-state index contributed by atoms with van der Waals surface area (Å²) in [7, 11) is -4.32. The van der Waals surface area contributed by atoms with Crippen LogP contribution in [0.2, 0.25) is 25.7 Å². The first kappa shape index (κ1) is 25.7. The van der Waals surface area contributed by atoms with Gasteiger partial charge < -0.3 is 14.6 Å². The van der Waals surface area contributed by atoms with Crippen molar-refractivity contribution in [1.29, 1.82) is 0 Å². The van der Waals surface area contributed by atoms with Crippen molar-refractivity contribution in [3.8, 4) is 11.3 Å². The molecule has 11 heteroatoms. The zero-order valence-corrected chi connectivity index (χ0v) is 22.9. The molecule has 0 bridgehead atoms. The Hall–Kier alpha value is -2.34. The van der Waals surface area contributed by atoms with Gasteiger partial charge in [-0.1, -0.05) is 26.6 Å². The number of nitrogens with one attached hydrogen (secondary N) is 1. The van der Waals surface area contributed by atoms with Gasteiger partial charge in [0.2, 0.25) is 10.0 Å². The van der Waals surface area contributed by atoms with E-state index in [1.165, 1.54) is 0 Å². The Morgan fingerprint density at radius 3 is 2.83 bits per heavy atom. The number of anilines is 1. The highest BCUT2D eigenvalue weighted by atomic mass is 32.2. The molecule has 1 aliphatic heterocycles. The summed E-state index contributed by atoms with van der Waals surface area (Å²) in [5.41, 5.74) is 3.14. The predicted octanol–water partition coefficient (Wildman–Crippen LogP) is 4.03. The summed E-state index contributed by atoms with van der Waals surface area (Å²) >= 11 is 0. The molecule has 4 heterocycles. The average Bonchev–Trinajstić information content (AvgIpc) is 3.44. The molecule has 1 atom stereocenters. The molecule has 1 saturated heterocycles. The van der Waals surface area contributed by atoms with Crippen LogP contribution in [0.1, 0.15) is 19.8 Å². The van der Waals surface area contributed by atoms with Crippen molar-refractivity contribution in [2.24, 2.45) is 0 Å². The van der Waals surface area contributed by atoms with Crippen molar-refractivity contribution >= 4 is 35.1 Å². The Morgan fingerprint density at radius 2 is 2.06 bits per heavy atom. The number of ether oxygens (including phenoxy) is 1. The normalized spacial score (nSPS) is 17.3. The molecular formula is C24H36N6O3SSi. The lowest BCUT2D eigenvalue weighted by molar-refractivity contribution is 0.0899. The molecule has 0 saturated carbocycles. The second kappa shape index (κ2) is 10.7. The lowest BCUT2D eigenvalue weighted by Crippen LogP contribution is -2.33. The highest BCUT2D eigenvalue weighted by molar-refractivity contribution is 7.89. The SMILES string of the molecule is CCCS(=O)(=O)N1CCC(Nc2ncccc2-c2cnc3c(ccn3COCC[Si](C)(C)C)n2)C1. The maximum atomic E-state index is 12.4. The Balaban J connectivity index is 1.46. The van der Waals surface area contributed by atoms with Gasteiger partial charge in [0.1, 0.15) is 18.1 Å². The highest BCUT2D eigenvalue weighted by Crippen LogP contribution is 2.28. The van der Waals surface area contributed by atoms with E-state index in [0.29, 0.717) is 32.1 Å². The summed E-state index contributed by atoms with van der Waals surface area (Å²) in [5.74, 6) is 0.877. The van der Waals surface area contributed by atoms with Crippen molar-refractivity contribution in [3.63, 3.8) is 0 Å². The van der Waals surface area contributed by atoms with E-state index in [2.05, 4.69) is 34.9 Å². The third-order valence-corrected chi connectivity index (χ3v) is 9.87. The molecule has 0 radical (unpaired) electrons. The molecule has 1 fully saturated rings. The molecule has 1 aliphatic rings. The zero-order valence-electron chi connectivity index (χ0n) is 21.1. The summed E-state index contributed by atoms with van der Waals surface area (Å²) < 4.78 is 34.3. The van der Waals surface area contributed by atoms with Crippen LogP contribution in [0.3, 0.4) is 0 Å². The number of nitrogens with zero attached hydrogens (tertiary/aromatic N) is 5. The van der Waals surface area contributed by atoms with Crippen LogP contribution in [0.5, 0.6) is 0 Å². The molecule has 0 aromatic carbocycles. The van der Waals surface area contributed by atoms with Crippen molar-refractivity contribution in [1.82, 2.24) is 23.8 Å². The van der Waals surface area contributed by atoms with Crippen LogP contribution in [-0.2, 0) is 21.5 Å². The van der Waals surface area contributed by atoms with E-state index in [0.717, 1.165) is 41.5 Å². The lowest BCUT2D eigenvalue weighted by Gasteiger charge is -2.18. The monoisotopic (exact) mass is 516 g/mol. The van der Waals surface area contributed by atoms with Crippen LogP contribution in [0.4, 0.5) is 5.82 Å². The van der Waals surface area contributed by atoms with E-state index in [1.54, 1.807) is 16.7 Å². The number of hydrogen-bond acceptors (Lipinski definition) is 7. The maximum Gasteiger partial charge on any atom is 0.214 e. The second-order valence-electron chi connectivity index (χ2n) is 10.3. The molecule has 190 valence electrons. The number of aromatic nitrogens is 4. The Labute approximate surface area is 209 Å². The van der Waals surface area contributed by atoms with E-state index < -0.39 is 18.1 Å². The summed E-state index contributed by atoms with van der Waals surface area (Å²) in [6.45, 7) is 11.1. The molecular weight excluding hydrogens is 480 g/mol. The van der Waals surface area contributed by atoms with Crippen LogP contribution >= 0.6 is 0 Å². The molecule has 35 heavy (non-hydrogen) atoms. The van der Waals surface area contributed by atoms with Gasteiger partial charge in [-0.05, 0) is 37.1 Å². The Morgan fingerprint density at radius 1 is 1.23 bits per heavy atom. The van der Waals surface area contributed by atoms with Gasteiger partial charge in [-0.3, -0.25) is 0 Å². The summed E-state index contributed by atoms with van der Waals surface area (Å²) in [4.78, 5) is 14.0. The van der Waals surface area contributed by atoms with Crippen molar-refractivity contribution in [3.05, 3.63) is 36.8 Å². The molecule has 4 rings (SSSR count). The fourth-order valence-electron chi connectivity index (χ4n) is 4.14. The number of rotatable bonds is 11. The molecule has 0 amide bonds. The third kappa shape index (κ3) is 6.46. The van der Waals surface area contributed by atoms with Crippen molar-refractivity contribution < 1.29 is 13.2 Å². The fourth-order valence-corrected chi connectivity index (χ4v) is 6.46. The largest absolute Gasteiger partial charge is 0.365 e. The first-order valence-electron chi connectivity index (χ1n) is 12.3. The molecule has 3 aromatic heterocycles. The lowest BCUT2D eigenvalue weighted by atomic mass is 10.1.